The van der Waals surface area contributed by atoms with Crippen LogP contribution in [0.2, 0.25) is 0 Å². The number of H-pyrrole nitrogens is 1. The Balaban J connectivity index is 2.44. The number of nitrogens with one attached hydrogen (secondary N) is 1. The number of para-hydroxylation sites is 1. The van der Waals surface area contributed by atoms with Crippen LogP contribution in [0, 0.1) is 0 Å². The van der Waals surface area contributed by atoms with Crippen LogP contribution < -0.4 is 5.11 Å². The molecule has 0 saturated carbocycles. The summed E-state index contributed by atoms with van der Waals surface area (Å²) >= 11 is 0. The van der Waals surface area contributed by atoms with Crippen molar-refractivity contribution in [1.82, 2.24) is 9.97 Å². The maximum atomic E-state index is 10.7. The number of benzene rings is 1. The SMILES string of the molecule is O=C([O-])c1cc2c(cn1)[nH]c1ccccc12. The predicted octanol–water partition coefficient (Wildman–Crippen LogP) is 1.08. The summed E-state index contributed by atoms with van der Waals surface area (Å²) in [6, 6.07) is 9.24. The van der Waals surface area contributed by atoms with Crippen molar-refractivity contribution in [3.05, 3.63) is 42.2 Å². The molecule has 4 nitrogen and oxygen atoms in total. The summed E-state index contributed by atoms with van der Waals surface area (Å²) in [7, 11) is 0. The molecule has 0 spiro atoms. The maximum absolute atomic E-state index is 10.7. The normalized spacial score (nSPS) is 11.0. The first-order chi connectivity index (χ1) is 7.75. The van der Waals surface area contributed by atoms with Crippen molar-refractivity contribution in [2.75, 3.05) is 0 Å². The van der Waals surface area contributed by atoms with Crippen molar-refractivity contribution in [3.63, 3.8) is 0 Å². The van der Waals surface area contributed by atoms with Crippen LogP contribution in [-0.2, 0) is 0 Å². The fourth-order valence-electron chi connectivity index (χ4n) is 1.86. The largest absolute Gasteiger partial charge is 0.543 e. The van der Waals surface area contributed by atoms with E-state index in [1.807, 2.05) is 24.3 Å². The molecule has 1 N–H and O–H groups in total. The van der Waals surface area contributed by atoms with E-state index in [0.29, 0.717) is 0 Å². The Morgan fingerprint density at radius 2 is 2.00 bits per heavy atom. The summed E-state index contributed by atoms with van der Waals surface area (Å²) < 4.78 is 0. The number of hydrogen-bond acceptors (Lipinski definition) is 3. The lowest BCUT2D eigenvalue weighted by molar-refractivity contribution is -0.255. The number of fused-ring (bicyclic) bond motifs is 3. The van der Waals surface area contributed by atoms with E-state index in [0.717, 1.165) is 21.8 Å². The number of aromatic carboxylic acids is 1. The van der Waals surface area contributed by atoms with Gasteiger partial charge in [0.2, 0.25) is 0 Å². The zero-order chi connectivity index (χ0) is 11.1. The van der Waals surface area contributed by atoms with Gasteiger partial charge in [0.1, 0.15) is 0 Å². The standard InChI is InChI=1S/C12H8N2O2/c15-12(16)10-5-8-7-3-1-2-4-9(7)14-11(8)6-13-10/h1-6,14H,(H,15,16)/p-1. The number of rotatable bonds is 1. The van der Waals surface area contributed by atoms with Crippen molar-refractivity contribution < 1.29 is 9.90 Å². The smallest absolute Gasteiger partial charge is 0.0900 e. The second-order valence-electron chi connectivity index (χ2n) is 3.57. The van der Waals surface area contributed by atoms with E-state index in [1.54, 1.807) is 0 Å². The van der Waals surface area contributed by atoms with Crippen molar-refractivity contribution in [2.24, 2.45) is 0 Å². The second-order valence-corrected chi connectivity index (χ2v) is 3.57. The Bertz CT molecular complexity index is 700. The minimum absolute atomic E-state index is 0.0442. The minimum atomic E-state index is -1.26. The fourth-order valence-corrected chi connectivity index (χ4v) is 1.86. The highest BCUT2D eigenvalue weighted by Gasteiger charge is 2.05. The average Bonchev–Trinajstić information content (AvgIpc) is 2.66. The Morgan fingerprint density at radius 1 is 1.19 bits per heavy atom. The molecule has 16 heavy (non-hydrogen) atoms. The van der Waals surface area contributed by atoms with Gasteiger partial charge in [-0.3, -0.25) is 4.98 Å². The minimum Gasteiger partial charge on any atom is -0.543 e. The van der Waals surface area contributed by atoms with Crippen molar-refractivity contribution in [3.8, 4) is 0 Å². The number of aromatic amines is 1. The molecule has 0 radical (unpaired) electrons. The Kier molecular flexibility index (Phi) is 1.71. The molecule has 0 fully saturated rings. The van der Waals surface area contributed by atoms with Crippen LogP contribution in [0.4, 0.5) is 0 Å². The average molecular weight is 211 g/mol. The second kappa shape index (κ2) is 3.06. The van der Waals surface area contributed by atoms with Gasteiger partial charge in [-0.15, -0.1) is 0 Å². The van der Waals surface area contributed by atoms with E-state index in [2.05, 4.69) is 9.97 Å². The molecule has 0 bridgehead atoms. The first-order valence-electron chi connectivity index (χ1n) is 4.83. The number of carboxylic acid groups (broad SMARTS) is 1. The summed E-state index contributed by atoms with van der Waals surface area (Å²) in [5, 5.41) is 12.6. The van der Waals surface area contributed by atoms with Crippen LogP contribution in [0.1, 0.15) is 10.5 Å². The third kappa shape index (κ3) is 1.16. The van der Waals surface area contributed by atoms with E-state index in [1.165, 1.54) is 12.3 Å². The zero-order valence-corrected chi connectivity index (χ0v) is 8.23. The molecule has 0 unspecified atom stereocenters. The van der Waals surface area contributed by atoms with Gasteiger partial charge in [-0.25, -0.2) is 0 Å². The van der Waals surface area contributed by atoms with Crippen LogP contribution in [0.3, 0.4) is 0 Å². The molecule has 0 aliphatic carbocycles. The van der Waals surface area contributed by atoms with Gasteiger partial charge in [0.25, 0.3) is 0 Å². The number of carboxylic acids is 1. The summed E-state index contributed by atoms with van der Waals surface area (Å²) in [4.78, 5) is 17.7. The van der Waals surface area contributed by atoms with E-state index in [9.17, 15) is 9.90 Å². The first-order valence-corrected chi connectivity index (χ1v) is 4.83. The number of carbonyl (C=O) groups is 1. The van der Waals surface area contributed by atoms with Crippen molar-refractivity contribution in [2.45, 2.75) is 0 Å². The molecule has 1 aromatic carbocycles. The van der Waals surface area contributed by atoms with Crippen LogP contribution in [0.5, 0.6) is 0 Å². The van der Waals surface area contributed by atoms with Gasteiger partial charge in [0.15, 0.2) is 0 Å². The summed E-state index contributed by atoms with van der Waals surface area (Å²) in [5.41, 5.74) is 1.75. The van der Waals surface area contributed by atoms with Gasteiger partial charge in [0, 0.05) is 16.3 Å². The molecule has 0 atom stereocenters. The van der Waals surface area contributed by atoms with Gasteiger partial charge in [-0.2, -0.15) is 0 Å². The van der Waals surface area contributed by atoms with E-state index in [-0.39, 0.29) is 5.69 Å². The Morgan fingerprint density at radius 3 is 2.81 bits per heavy atom. The van der Waals surface area contributed by atoms with Crippen molar-refractivity contribution in [1.29, 1.82) is 0 Å². The highest BCUT2D eigenvalue weighted by atomic mass is 16.4. The molecular formula is C12H7N2O2-. The van der Waals surface area contributed by atoms with Gasteiger partial charge < -0.3 is 14.9 Å². The Labute approximate surface area is 90.5 Å². The number of nitrogens with zero attached hydrogens (tertiary/aromatic N) is 1. The maximum Gasteiger partial charge on any atom is 0.0900 e. The number of aromatic nitrogens is 2. The van der Waals surface area contributed by atoms with Crippen molar-refractivity contribution >= 4 is 27.8 Å². The monoisotopic (exact) mass is 211 g/mol. The van der Waals surface area contributed by atoms with Crippen LogP contribution >= 0.6 is 0 Å². The molecule has 78 valence electrons. The molecule has 3 aromatic rings. The summed E-state index contributed by atoms with van der Waals surface area (Å²) in [6.45, 7) is 0. The van der Waals surface area contributed by atoms with E-state index < -0.39 is 5.97 Å². The van der Waals surface area contributed by atoms with Crippen LogP contribution in [0.25, 0.3) is 21.8 Å². The third-order valence-electron chi connectivity index (χ3n) is 2.60. The third-order valence-corrected chi connectivity index (χ3v) is 2.60. The first kappa shape index (κ1) is 8.91. The predicted molar refractivity (Wildman–Crippen MR) is 57.9 cm³/mol. The topological polar surface area (TPSA) is 68.8 Å². The number of carbonyl (C=O) groups excluding carboxylic acids is 1. The molecule has 4 heteroatoms. The van der Waals surface area contributed by atoms with Gasteiger partial charge >= 0.3 is 0 Å². The number of hydrogen-bond donors (Lipinski definition) is 1. The zero-order valence-electron chi connectivity index (χ0n) is 8.23. The molecule has 2 heterocycles. The van der Waals surface area contributed by atoms with E-state index in [4.69, 9.17) is 0 Å². The number of pyridine rings is 1. The van der Waals surface area contributed by atoms with Gasteiger partial charge in [-0.1, -0.05) is 18.2 Å². The Hall–Kier alpha value is -2.36. The van der Waals surface area contributed by atoms with Gasteiger partial charge in [-0.05, 0) is 12.1 Å². The summed E-state index contributed by atoms with van der Waals surface area (Å²) in [5.74, 6) is -1.26. The molecule has 2 aromatic heterocycles. The fraction of sp³-hybridized carbons (Fsp3) is 0. The van der Waals surface area contributed by atoms with E-state index >= 15 is 0 Å². The highest BCUT2D eigenvalue weighted by Crippen LogP contribution is 2.24. The molecule has 0 aliphatic rings. The summed E-state index contributed by atoms with van der Waals surface area (Å²) in [6.07, 6.45) is 1.51. The van der Waals surface area contributed by atoms with Crippen LogP contribution in [0.15, 0.2) is 36.5 Å². The molecule has 0 aliphatic heterocycles. The molecule has 0 amide bonds. The molecule has 3 rings (SSSR count). The lowest BCUT2D eigenvalue weighted by Crippen LogP contribution is -2.23. The lowest BCUT2D eigenvalue weighted by Gasteiger charge is -2.00. The molecular weight excluding hydrogens is 204 g/mol. The lowest BCUT2D eigenvalue weighted by atomic mass is 10.1. The quantitative estimate of drug-likeness (QED) is 0.654. The van der Waals surface area contributed by atoms with Crippen LogP contribution in [-0.4, -0.2) is 15.9 Å². The highest BCUT2D eigenvalue weighted by molar-refractivity contribution is 6.08. The van der Waals surface area contributed by atoms with Gasteiger partial charge in [0.05, 0.1) is 23.4 Å². The molecule has 0 saturated heterocycles.